The van der Waals surface area contributed by atoms with Crippen LogP contribution < -0.4 is 5.32 Å². The van der Waals surface area contributed by atoms with Crippen molar-refractivity contribution in [3.8, 4) is 0 Å². The molecule has 0 aliphatic heterocycles. The zero-order valence-corrected chi connectivity index (χ0v) is 11.5. The van der Waals surface area contributed by atoms with E-state index in [4.69, 9.17) is 0 Å². The molecule has 3 aromatic rings. The van der Waals surface area contributed by atoms with Crippen LogP contribution >= 0.6 is 11.3 Å². The highest BCUT2D eigenvalue weighted by atomic mass is 32.1. The Balaban J connectivity index is 1.61. The van der Waals surface area contributed by atoms with Crippen LogP contribution in [0.15, 0.2) is 36.1 Å². The Labute approximate surface area is 115 Å². The number of pyridine rings is 1. The smallest absolute Gasteiger partial charge is 0.160 e. The molecule has 0 aliphatic rings. The molecule has 0 aliphatic carbocycles. The summed E-state index contributed by atoms with van der Waals surface area (Å²) in [6.07, 6.45) is 4.76. The highest BCUT2D eigenvalue weighted by Gasteiger charge is 2.08. The lowest BCUT2D eigenvalue weighted by Crippen LogP contribution is -2.21. The lowest BCUT2D eigenvalue weighted by molar-refractivity contribution is 0.575. The quantitative estimate of drug-likeness (QED) is 0.773. The molecule has 98 valence electrons. The molecule has 1 N–H and O–H groups in total. The molecule has 1 unspecified atom stereocenters. The molecule has 3 heterocycles. The van der Waals surface area contributed by atoms with Gasteiger partial charge >= 0.3 is 0 Å². The first-order valence-electron chi connectivity index (χ1n) is 6.25. The SMILES string of the molecule is CC(NCCc1nnc2ccccn12)c1cncs1. The van der Waals surface area contributed by atoms with Crippen molar-refractivity contribution in [2.45, 2.75) is 19.4 Å². The third-order valence-corrected chi connectivity index (χ3v) is 4.02. The minimum absolute atomic E-state index is 0.326. The van der Waals surface area contributed by atoms with Crippen LogP contribution in [-0.2, 0) is 6.42 Å². The summed E-state index contributed by atoms with van der Waals surface area (Å²) in [7, 11) is 0. The minimum atomic E-state index is 0.326. The Kier molecular flexibility index (Phi) is 3.52. The minimum Gasteiger partial charge on any atom is -0.309 e. The van der Waals surface area contributed by atoms with Crippen molar-refractivity contribution in [1.82, 2.24) is 24.9 Å². The highest BCUT2D eigenvalue weighted by Crippen LogP contribution is 2.15. The normalized spacial score (nSPS) is 12.9. The number of hydrogen-bond acceptors (Lipinski definition) is 5. The molecule has 19 heavy (non-hydrogen) atoms. The number of fused-ring (bicyclic) bond motifs is 1. The lowest BCUT2D eigenvalue weighted by Gasteiger charge is -2.10. The fraction of sp³-hybridized carbons (Fsp3) is 0.308. The largest absolute Gasteiger partial charge is 0.309 e. The topological polar surface area (TPSA) is 55.1 Å². The zero-order chi connectivity index (χ0) is 13.1. The first-order valence-corrected chi connectivity index (χ1v) is 7.13. The summed E-state index contributed by atoms with van der Waals surface area (Å²) in [5.41, 5.74) is 2.76. The van der Waals surface area contributed by atoms with E-state index in [0.29, 0.717) is 6.04 Å². The fourth-order valence-electron chi connectivity index (χ4n) is 2.00. The Morgan fingerprint density at radius 1 is 1.37 bits per heavy atom. The molecule has 0 saturated heterocycles. The van der Waals surface area contributed by atoms with Crippen molar-refractivity contribution >= 4 is 17.0 Å². The van der Waals surface area contributed by atoms with Crippen molar-refractivity contribution in [3.05, 3.63) is 46.8 Å². The van der Waals surface area contributed by atoms with Gasteiger partial charge in [-0.3, -0.25) is 9.38 Å². The Bertz CT molecular complexity index is 646. The van der Waals surface area contributed by atoms with E-state index in [1.807, 2.05) is 40.5 Å². The fourth-order valence-corrected chi connectivity index (χ4v) is 2.65. The zero-order valence-electron chi connectivity index (χ0n) is 10.7. The number of nitrogens with one attached hydrogen (secondary N) is 1. The number of rotatable bonds is 5. The molecular weight excluding hydrogens is 258 g/mol. The van der Waals surface area contributed by atoms with Gasteiger partial charge in [-0.15, -0.1) is 21.5 Å². The molecular formula is C13H15N5S. The Morgan fingerprint density at radius 3 is 3.16 bits per heavy atom. The molecule has 0 aromatic carbocycles. The number of thiazole rings is 1. The Hall–Kier alpha value is -1.79. The van der Waals surface area contributed by atoms with Gasteiger partial charge in [0.25, 0.3) is 0 Å². The molecule has 5 nitrogen and oxygen atoms in total. The molecule has 0 spiro atoms. The lowest BCUT2D eigenvalue weighted by atomic mass is 10.3. The molecule has 3 rings (SSSR count). The second kappa shape index (κ2) is 5.46. The van der Waals surface area contributed by atoms with Crippen molar-refractivity contribution in [2.24, 2.45) is 0 Å². The van der Waals surface area contributed by atoms with E-state index >= 15 is 0 Å². The molecule has 1 atom stereocenters. The van der Waals surface area contributed by atoms with Crippen LogP contribution in [0.25, 0.3) is 5.65 Å². The highest BCUT2D eigenvalue weighted by molar-refractivity contribution is 7.09. The molecule has 0 bridgehead atoms. The third-order valence-electron chi connectivity index (χ3n) is 3.06. The first kappa shape index (κ1) is 12.3. The van der Waals surface area contributed by atoms with Gasteiger partial charge in [0.15, 0.2) is 5.65 Å². The predicted octanol–water partition coefficient (Wildman–Crippen LogP) is 2.08. The standard InChI is InChI=1S/C13H15N5S/c1-10(11-8-14-9-19-11)15-6-5-13-17-16-12-4-2-3-7-18(12)13/h2-4,7-10,15H,5-6H2,1H3. The maximum Gasteiger partial charge on any atom is 0.160 e. The van der Waals surface area contributed by atoms with Crippen molar-refractivity contribution < 1.29 is 0 Å². The molecule has 0 saturated carbocycles. The van der Waals surface area contributed by atoms with Crippen LogP contribution in [0, 0.1) is 0 Å². The summed E-state index contributed by atoms with van der Waals surface area (Å²) in [6, 6.07) is 6.25. The van der Waals surface area contributed by atoms with Crippen LogP contribution in [0.3, 0.4) is 0 Å². The van der Waals surface area contributed by atoms with Crippen LogP contribution in [0.4, 0.5) is 0 Å². The van der Waals surface area contributed by atoms with Gasteiger partial charge in [-0.2, -0.15) is 0 Å². The van der Waals surface area contributed by atoms with E-state index in [2.05, 4.69) is 27.4 Å². The van der Waals surface area contributed by atoms with Crippen molar-refractivity contribution in [3.63, 3.8) is 0 Å². The van der Waals surface area contributed by atoms with Crippen molar-refractivity contribution in [2.75, 3.05) is 6.54 Å². The van der Waals surface area contributed by atoms with Crippen molar-refractivity contribution in [1.29, 1.82) is 0 Å². The second-order valence-electron chi connectivity index (χ2n) is 4.37. The maximum atomic E-state index is 4.22. The molecule has 6 heteroatoms. The van der Waals surface area contributed by atoms with Crippen LogP contribution in [0.2, 0.25) is 0 Å². The summed E-state index contributed by atoms with van der Waals surface area (Å²) >= 11 is 1.67. The average Bonchev–Trinajstić information content (AvgIpc) is 3.08. The van der Waals surface area contributed by atoms with E-state index in [1.165, 1.54) is 4.88 Å². The van der Waals surface area contributed by atoms with E-state index in [1.54, 1.807) is 11.3 Å². The Morgan fingerprint density at radius 2 is 2.32 bits per heavy atom. The van der Waals surface area contributed by atoms with Gasteiger partial charge in [0, 0.05) is 36.3 Å². The summed E-state index contributed by atoms with van der Waals surface area (Å²) in [5.74, 6) is 0.986. The van der Waals surface area contributed by atoms with Gasteiger partial charge in [-0.25, -0.2) is 0 Å². The van der Waals surface area contributed by atoms with Gasteiger partial charge in [0.05, 0.1) is 5.51 Å². The molecule has 0 amide bonds. The summed E-state index contributed by atoms with van der Waals surface area (Å²) < 4.78 is 2.03. The van der Waals surface area contributed by atoms with Gasteiger partial charge < -0.3 is 5.32 Å². The van der Waals surface area contributed by atoms with E-state index in [9.17, 15) is 0 Å². The predicted molar refractivity (Wildman–Crippen MR) is 75.2 cm³/mol. The van der Waals surface area contributed by atoms with Gasteiger partial charge in [-0.05, 0) is 19.1 Å². The summed E-state index contributed by atoms with van der Waals surface area (Å²) in [5, 5.41) is 11.8. The second-order valence-corrected chi connectivity index (χ2v) is 5.29. The van der Waals surface area contributed by atoms with Gasteiger partial charge in [0.2, 0.25) is 0 Å². The van der Waals surface area contributed by atoms with E-state index in [0.717, 1.165) is 24.4 Å². The monoisotopic (exact) mass is 273 g/mol. The van der Waals surface area contributed by atoms with Crippen LogP contribution in [0.5, 0.6) is 0 Å². The van der Waals surface area contributed by atoms with Crippen LogP contribution in [-0.4, -0.2) is 26.1 Å². The first-order chi connectivity index (χ1) is 9.34. The number of hydrogen-bond donors (Lipinski definition) is 1. The van der Waals surface area contributed by atoms with Gasteiger partial charge in [-0.1, -0.05) is 6.07 Å². The average molecular weight is 273 g/mol. The van der Waals surface area contributed by atoms with E-state index < -0.39 is 0 Å². The number of nitrogens with zero attached hydrogens (tertiary/aromatic N) is 4. The molecule has 3 aromatic heterocycles. The summed E-state index contributed by atoms with van der Waals surface area (Å²) in [4.78, 5) is 5.35. The van der Waals surface area contributed by atoms with Crippen LogP contribution in [0.1, 0.15) is 23.7 Å². The molecule has 0 radical (unpaired) electrons. The van der Waals surface area contributed by atoms with Gasteiger partial charge in [0.1, 0.15) is 5.82 Å². The summed E-state index contributed by atoms with van der Waals surface area (Å²) in [6.45, 7) is 3.02. The van der Waals surface area contributed by atoms with E-state index in [-0.39, 0.29) is 0 Å². The number of aromatic nitrogens is 4. The maximum absolute atomic E-state index is 4.22. The molecule has 0 fully saturated rings. The third kappa shape index (κ3) is 2.64.